The first-order valence-electron chi connectivity index (χ1n) is 9.16. The number of benzene rings is 1. The van der Waals surface area contributed by atoms with Crippen molar-refractivity contribution in [2.45, 2.75) is 19.4 Å². The molecule has 5 rings (SSSR count). The van der Waals surface area contributed by atoms with Gasteiger partial charge in [0.05, 0.1) is 24.1 Å². The minimum atomic E-state index is -0.419. The number of hydrazone groups is 1. The monoisotopic (exact) mass is 405 g/mol. The van der Waals surface area contributed by atoms with E-state index in [1.807, 2.05) is 37.3 Å². The maximum Gasteiger partial charge on any atom is 0.310 e. The summed E-state index contributed by atoms with van der Waals surface area (Å²) >= 11 is 6.58. The maximum absolute atomic E-state index is 13.1. The number of nitrogens with zero attached hydrogens (tertiary/aromatic N) is 3. The summed E-state index contributed by atoms with van der Waals surface area (Å²) in [5.74, 6) is 0.479. The van der Waals surface area contributed by atoms with Crippen molar-refractivity contribution in [2.24, 2.45) is 5.10 Å². The first-order chi connectivity index (χ1) is 14.1. The standard InChI is InChI=1S/C22H16ClN3O3/c1-13-5-2-6-14-11-15(21(23)24-20(13)14)17-12-16(18-7-3-9-28-18)25-26(17)22(27)19-8-4-10-29-19/h2-11,17H,12H2,1H3. The van der Waals surface area contributed by atoms with E-state index in [4.69, 9.17) is 20.4 Å². The number of furan rings is 2. The lowest BCUT2D eigenvalue weighted by atomic mass is 10.00. The van der Waals surface area contributed by atoms with Crippen LogP contribution in [-0.4, -0.2) is 21.6 Å². The minimum absolute atomic E-state index is 0.208. The molecule has 4 heterocycles. The van der Waals surface area contributed by atoms with Crippen molar-refractivity contribution < 1.29 is 13.6 Å². The van der Waals surface area contributed by atoms with E-state index in [0.717, 1.165) is 22.0 Å². The molecule has 0 spiro atoms. The first-order valence-corrected chi connectivity index (χ1v) is 9.54. The predicted molar refractivity (Wildman–Crippen MR) is 109 cm³/mol. The van der Waals surface area contributed by atoms with Crippen molar-refractivity contribution in [1.82, 2.24) is 9.99 Å². The third-order valence-corrected chi connectivity index (χ3v) is 5.35. The van der Waals surface area contributed by atoms with Crippen LogP contribution in [0.15, 0.2) is 75.0 Å². The molecule has 1 aliphatic rings. The number of amides is 1. The van der Waals surface area contributed by atoms with Gasteiger partial charge in [-0.15, -0.1) is 0 Å². The summed E-state index contributed by atoms with van der Waals surface area (Å²) in [6.07, 6.45) is 3.50. The molecule has 6 nitrogen and oxygen atoms in total. The molecule has 0 radical (unpaired) electrons. The van der Waals surface area contributed by atoms with E-state index < -0.39 is 6.04 Å². The minimum Gasteiger partial charge on any atom is -0.463 e. The zero-order valence-electron chi connectivity index (χ0n) is 15.5. The van der Waals surface area contributed by atoms with Gasteiger partial charge < -0.3 is 8.83 Å². The van der Waals surface area contributed by atoms with Gasteiger partial charge in [-0.05, 0) is 42.8 Å². The zero-order chi connectivity index (χ0) is 20.0. The first kappa shape index (κ1) is 17.7. The lowest BCUT2D eigenvalue weighted by molar-refractivity contribution is 0.0678. The molecule has 1 aliphatic heterocycles. The molecule has 4 aromatic rings. The molecule has 1 aromatic carbocycles. The molecule has 0 bridgehead atoms. The van der Waals surface area contributed by atoms with Crippen molar-refractivity contribution in [3.8, 4) is 0 Å². The number of halogens is 1. The number of aromatic nitrogens is 1. The summed E-state index contributed by atoms with van der Waals surface area (Å²) in [6.45, 7) is 1.99. The van der Waals surface area contributed by atoms with Crippen molar-refractivity contribution in [1.29, 1.82) is 0 Å². The number of hydrogen-bond acceptors (Lipinski definition) is 5. The van der Waals surface area contributed by atoms with Crippen LogP contribution in [-0.2, 0) is 0 Å². The van der Waals surface area contributed by atoms with Gasteiger partial charge in [0, 0.05) is 17.4 Å². The Bertz CT molecular complexity index is 1230. The average Bonchev–Trinajstić information content (AvgIpc) is 3.48. The third-order valence-electron chi connectivity index (χ3n) is 5.04. The summed E-state index contributed by atoms with van der Waals surface area (Å²) in [4.78, 5) is 17.7. The number of para-hydroxylation sites is 1. The molecule has 144 valence electrons. The molecular formula is C22H16ClN3O3. The molecule has 29 heavy (non-hydrogen) atoms. The molecule has 0 saturated heterocycles. The molecule has 0 saturated carbocycles. The van der Waals surface area contributed by atoms with Gasteiger partial charge in [-0.25, -0.2) is 9.99 Å². The Hall–Kier alpha value is -3.38. The lowest BCUT2D eigenvalue weighted by Gasteiger charge is -2.22. The smallest absolute Gasteiger partial charge is 0.310 e. The Labute approximate surface area is 171 Å². The number of aryl methyl sites for hydroxylation is 1. The van der Waals surface area contributed by atoms with Gasteiger partial charge in [0.25, 0.3) is 0 Å². The fourth-order valence-electron chi connectivity index (χ4n) is 3.62. The van der Waals surface area contributed by atoms with Crippen LogP contribution in [0.1, 0.15) is 39.9 Å². The van der Waals surface area contributed by atoms with Crippen LogP contribution in [0.5, 0.6) is 0 Å². The highest BCUT2D eigenvalue weighted by Crippen LogP contribution is 2.38. The van der Waals surface area contributed by atoms with E-state index in [1.165, 1.54) is 11.3 Å². The molecule has 0 fully saturated rings. The highest BCUT2D eigenvalue weighted by atomic mass is 35.5. The molecule has 1 unspecified atom stereocenters. The number of rotatable bonds is 3. The van der Waals surface area contributed by atoms with Crippen LogP contribution in [0, 0.1) is 6.92 Å². The summed E-state index contributed by atoms with van der Waals surface area (Å²) in [5, 5.41) is 7.26. The van der Waals surface area contributed by atoms with Crippen LogP contribution < -0.4 is 0 Å². The van der Waals surface area contributed by atoms with Gasteiger partial charge in [-0.2, -0.15) is 5.10 Å². The maximum atomic E-state index is 13.1. The van der Waals surface area contributed by atoms with Gasteiger partial charge >= 0.3 is 5.91 Å². The average molecular weight is 406 g/mol. The quantitative estimate of drug-likeness (QED) is 0.429. The largest absolute Gasteiger partial charge is 0.463 e. The van der Waals surface area contributed by atoms with E-state index in [-0.39, 0.29) is 11.7 Å². The Kier molecular flexibility index (Phi) is 4.21. The van der Waals surface area contributed by atoms with Gasteiger partial charge in [0.1, 0.15) is 16.6 Å². The summed E-state index contributed by atoms with van der Waals surface area (Å²) < 4.78 is 10.8. The topological polar surface area (TPSA) is 71.8 Å². The van der Waals surface area contributed by atoms with Gasteiger partial charge in [0.2, 0.25) is 0 Å². The Morgan fingerprint density at radius 3 is 2.72 bits per heavy atom. The number of hydrogen-bond donors (Lipinski definition) is 0. The van der Waals surface area contributed by atoms with E-state index in [2.05, 4.69) is 10.1 Å². The molecular weight excluding hydrogens is 390 g/mol. The summed E-state index contributed by atoms with van der Waals surface area (Å²) in [7, 11) is 0. The van der Waals surface area contributed by atoms with E-state index in [1.54, 1.807) is 24.5 Å². The second-order valence-electron chi connectivity index (χ2n) is 6.89. The predicted octanol–water partition coefficient (Wildman–Crippen LogP) is 5.37. The van der Waals surface area contributed by atoms with Gasteiger partial charge in [0.15, 0.2) is 5.76 Å². The van der Waals surface area contributed by atoms with Crippen molar-refractivity contribution >= 4 is 34.1 Å². The highest BCUT2D eigenvalue weighted by Gasteiger charge is 2.37. The van der Waals surface area contributed by atoms with Crippen LogP contribution >= 0.6 is 11.6 Å². The molecule has 1 atom stereocenters. The van der Waals surface area contributed by atoms with Crippen molar-refractivity contribution in [3.05, 3.63) is 88.9 Å². The van der Waals surface area contributed by atoms with E-state index in [0.29, 0.717) is 23.0 Å². The molecule has 0 aliphatic carbocycles. The summed E-state index contributed by atoms with van der Waals surface area (Å²) in [5.41, 5.74) is 3.28. The van der Waals surface area contributed by atoms with Crippen LogP contribution in [0.3, 0.4) is 0 Å². The second kappa shape index (κ2) is 6.90. The SMILES string of the molecule is Cc1cccc2cc(C3CC(c4ccco4)=NN3C(=O)c3ccco3)c(Cl)nc12. The normalized spacial score (nSPS) is 16.4. The second-order valence-corrected chi connectivity index (χ2v) is 7.24. The lowest BCUT2D eigenvalue weighted by Crippen LogP contribution is -2.27. The van der Waals surface area contributed by atoms with E-state index in [9.17, 15) is 4.79 Å². The van der Waals surface area contributed by atoms with Crippen LogP contribution in [0.4, 0.5) is 0 Å². The Morgan fingerprint density at radius 1 is 1.14 bits per heavy atom. The fraction of sp³-hybridized carbons (Fsp3) is 0.136. The Morgan fingerprint density at radius 2 is 1.97 bits per heavy atom. The third kappa shape index (κ3) is 3.02. The number of pyridine rings is 1. The zero-order valence-corrected chi connectivity index (χ0v) is 16.3. The summed E-state index contributed by atoms with van der Waals surface area (Å²) in [6, 6.07) is 14.4. The highest BCUT2D eigenvalue weighted by molar-refractivity contribution is 6.30. The number of fused-ring (bicyclic) bond motifs is 1. The van der Waals surface area contributed by atoms with Gasteiger partial charge in [-0.1, -0.05) is 29.8 Å². The Balaban J connectivity index is 1.62. The fourth-order valence-corrected chi connectivity index (χ4v) is 3.88. The molecule has 3 aromatic heterocycles. The number of carbonyl (C=O) groups is 1. The van der Waals surface area contributed by atoms with Gasteiger partial charge in [-0.3, -0.25) is 4.79 Å². The molecule has 7 heteroatoms. The van der Waals surface area contributed by atoms with Crippen LogP contribution in [0.25, 0.3) is 10.9 Å². The molecule has 1 amide bonds. The number of carbonyl (C=O) groups excluding carboxylic acids is 1. The van der Waals surface area contributed by atoms with Crippen molar-refractivity contribution in [3.63, 3.8) is 0 Å². The molecule has 0 N–H and O–H groups in total. The van der Waals surface area contributed by atoms with E-state index >= 15 is 0 Å². The van der Waals surface area contributed by atoms with Crippen LogP contribution in [0.2, 0.25) is 5.15 Å². The van der Waals surface area contributed by atoms with Crippen molar-refractivity contribution in [2.75, 3.05) is 0 Å².